The zero-order valence-electron chi connectivity index (χ0n) is 10.7. The van der Waals surface area contributed by atoms with E-state index >= 15 is 0 Å². The summed E-state index contributed by atoms with van der Waals surface area (Å²) in [7, 11) is 0. The smallest absolute Gasteiger partial charge is 0.228 e. The van der Waals surface area contributed by atoms with Crippen LogP contribution in [0.25, 0.3) is 0 Å². The minimum Gasteiger partial charge on any atom is -0.383 e. The first-order valence-corrected chi connectivity index (χ1v) is 6.96. The molecule has 3 rings (SSSR count). The number of nitrogens with one attached hydrogen (secondary N) is 1. The molecular weight excluding hydrogens is 316 g/mol. The van der Waals surface area contributed by atoms with Crippen LogP contribution in [0.15, 0.2) is 30.3 Å². The summed E-state index contributed by atoms with van der Waals surface area (Å²) in [6.07, 6.45) is -1.01. The van der Waals surface area contributed by atoms with E-state index in [2.05, 4.69) is 5.32 Å². The van der Waals surface area contributed by atoms with Gasteiger partial charge in [0.15, 0.2) is 0 Å². The molecule has 0 aromatic heterocycles. The molecule has 1 aliphatic heterocycles. The zero-order valence-corrected chi connectivity index (χ0v) is 12.2. The van der Waals surface area contributed by atoms with Crippen molar-refractivity contribution in [1.29, 1.82) is 0 Å². The molecule has 1 heterocycles. The summed E-state index contributed by atoms with van der Waals surface area (Å²) in [4.78, 5) is 11.4. The molecule has 0 bridgehead atoms. The quantitative estimate of drug-likeness (QED) is 0.884. The Morgan fingerprint density at radius 1 is 1.19 bits per heavy atom. The Bertz CT molecular complexity index is 749. The molecule has 0 spiro atoms. The van der Waals surface area contributed by atoms with Crippen LogP contribution < -0.4 is 5.32 Å². The van der Waals surface area contributed by atoms with Crippen molar-refractivity contribution >= 4 is 34.8 Å². The number of aliphatic hydroxyl groups is 1. The fourth-order valence-electron chi connectivity index (χ4n) is 2.37. The Kier molecular flexibility index (Phi) is 3.61. The van der Waals surface area contributed by atoms with Crippen LogP contribution in [0, 0.1) is 5.82 Å². The van der Waals surface area contributed by atoms with Crippen molar-refractivity contribution in [1.82, 2.24) is 0 Å². The Morgan fingerprint density at radius 2 is 1.95 bits per heavy atom. The van der Waals surface area contributed by atoms with E-state index in [4.69, 9.17) is 23.2 Å². The minimum atomic E-state index is -1.23. The van der Waals surface area contributed by atoms with Crippen molar-refractivity contribution in [3.8, 4) is 0 Å². The summed E-state index contributed by atoms with van der Waals surface area (Å²) in [5.41, 5.74) is 1.79. The number of hydrogen-bond donors (Lipinski definition) is 2. The number of halogens is 3. The number of anilines is 1. The van der Waals surface area contributed by atoms with E-state index in [1.165, 1.54) is 12.1 Å². The first-order valence-electron chi connectivity index (χ1n) is 6.21. The van der Waals surface area contributed by atoms with Gasteiger partial charge in [-0.25, -0.2) is 4.39 Å². The first kappa shape index (κ1) is 14.3. The standard InChI is InChI=1S/C15H10Cl2FNO2/c16-8-1-2-9(12(18)5-8)15(21)10-3-7-4-14(20)19-13(7)6-11(10)17/h1-3,5-6,15,21H,4H2,(H,19,20). The Morgan fingerprint density at radius 3 is 2.67 bits per heavy atom. The fourth-order valence-corrected chi connectivity index (χ4v) is 2.79. The minimum absolute atomic E-state index is 0.0820. The Hall–Kier alpha value is -1.62. The van der Waals surface area contributed by atoms with Crippen LogP contribution in [0.3, 0.4) is 0 Å². The van der Waals surface area contributed by atoms with Crippen LogP contribution in [0.5, 0.6) is 0 Å². The fraction of sp³-hybridized carbons (Fsp3) is 0.133. The van der Waals surface area contributed by atoms with E-state index < -0.39 is 11.9 Å². The van der Waals surface area contributed by atoms with Gasteiger partial charge in [-0.3, -0.25) is 4.79 Å². The average Bonchev–Trinajstić information content (AvgIpc) is 2.76. The van der Waals surface area contributed by atoms with Crippen molar-refractivity contribution in [2.24, 2.45) is 0 Å². The lowest BCUT2D eigenvalue weighted by Crippen LogP contribution is -2.04. The molecule has 0 radical (unpaired) electrons. The normalized spacial score (nSPS) is 14.8. The SMILES string of the molecule is O=C1Cc2cc(C(O)c3ccc(Cl)cc3F)c(Cl)cc2N1. The topological polar surface area (TPSA) is 49.3 Å². The van der Waals surface area contributed by atoms with Gasteiger partial charge < -0.3 is 10.4 Å². The molecule has 0 fully saturated rings. The second kappa shape index (κ2) is 5.30. The lowest BCUT2D eigenvalue weighted by molar-refractivity contribution is -0.115. The number of carbonyl (C=O) groups is 1. The maximum Gasteiger partial charge on any atom is 0.228 e. The molecule has 1 unspecified atom stereocenters. The Balaban J connectivity index is 2.04. The first-order chi connectivity index (χ1) is 9.95. The van der Waals surface area contributed by atoms with Crippen LogP contribution in [0.1, 0.15) is 22.8 Å². The molecule has 1 atom stereocenters. The van der Waals surface area contributed by atoms with Crippen molar-refractivity contribution in [2.75, 3.05) is 5.32 Å². The van der Waals surface area contributed by atoms with Gasteiger partial charge in [0.2, 0.25) is 5.91 Å². The number of benzene rings is 2. The molecule has 0 aliphatic carbocycles. The van der Waals surface area contributed by atoms with Gasteiger partial charge in [-0.2, -0.15) is 0 Å². The number of fused-ring (bicyclic) bond motifs is 1. The highest BCUT2D eigenvalue weighted by Crippen LogP contribution is 2.36. The maximum absolute atomic E-state index is 13.9. The lowest BCUT2D eigenvalue weighted by atomic mass is 9.98. The molecule has 21 heavy (non-hydrogen) atoms. The Labute approximate surface area is 130 Å². The molecule has 1 amide bonds. The van der Waals surface area contributed by atoms with Gasteiger partial charge in [0.05, 0.1) is 6.42 Å². The number of carbonyl (C=O) groups excluding carboxylic acids is 1. The second-order valence-electron chi connectivity index (χ2n) is 4.82. The third-order valence-electron chi connectivity index (χ3n) is 3.40. The molecule has 0 saturated carbocycles. The summed E-state index contributed by atoms with van der Waals surface area (Å²) < 4.78 is 13.9. The number of aliphatic hydroxyl groups excluding tert-OH is 1. The van der Waals surface area contributed by atoms with Crippen molar-refractivity contribution in [2.45, 2.75) is 12.5 Å². The monoisotopic (exact) mass is 325 g/mol. The summed E-state index contributed by atoms with van der Waals surface area (Å²) in [6, 6.07) is 7.22. The highest BCUT2D eigenvalue weighted by atomic mass is 35.5. The van der Waals surface area contributed by atoms with E-state index in [1.807, 2.05) is 0 Å². The van der Waals surface area contributed by atoms with Gasteiger partial charge in [-0.05, 0) is 29.8 Å². The van der Waals surface area contributed by atoms with Crippen LogP contribution in [-0.2, 0) is 11.2 Å². The molecule has 1 aliphatic rings. The van der Waals surface area contributed by atoms with E-state index in [0.717, 1.165) is 11.6 Å². The second-order valence-corrected chi connectivity index (χ2v) is 5.67. The van der Waals surface area contributed by atoms with Crippen LogP contribution in [-0.4, -0.2) is 11.0 Å². The van der Waals surface area contributed by atoms with Gasteiger partial charge in [0.1, 0.15) is 11.9 Å². The van der Waals surface area contributed by atoms with Gasteiger partial charge in [-0.15, -0.1) is 0 Å². The lowest BCUT2D eigenvalue weighted by Gasteiger charge is -2.15. The van der Waals surface area contributed by atoms with E-state index in [-0.39, 0.29) is 27.9 Å². The third-order valence-corrected chi connectivity index (χ3v) is 3.96. The van der Waals surface area contributed by atoms with Crippen molar-refractivity contribution in [3.63, 3.8) is 0 Å². The van der Waals surface area contributed by atoms with Gasteiger partial charge >= 0.3 is 0 Å². The van der Waals surface area contributed by atoms with Gasteiger partial charge in [0.25, 0.3) is 0 Å². The number of amides is 1. The van der Waals surface area contributed by atoms with E-state index in [1.54, 1.807) is 12.1 Å². The maximum atomic E-state index is 13.9. The van der Waals surface area contributed by atoms with Gasteiger partial charge in [-0.1, -0.05) is 29.3 Å². The van der Waals surface area contributed by atoms with Crippen LogP contribution in [0.4, 0.5) is 10.1 Å². The zero-order chi connectivity index (χ0) is 15.1. The van der Waals surface area contributed by atoms with Crippen molar-refractivity contribution in [3.05, 3.63) is 62.9 Å². The molecule has 2 N–H and O–H groups in total. The predicted molar refractivity (Wildman–Crippen MR) is 79.3 cm³/mol. The number of rotatable bonds is 2. The third kappa shape index (κ3) is 2.62. The highest BCUT2D eigenvalue weighted by molar-refractivity contribution is 6.32. The summed E-state index contributed by atoms with van der Waals surface area (Å²) in [6.45, 7) is 0. The van der Waals surface area contributed by atoms with Crippen LogP contribution >= 0.6 is 23.2 Å². The van der Waals surface area contributed by atoms with Crippen LogP contribution in [0.2, 0.25) is 10.0 Å². The molecule has 2 aromatic carbocycles. The number of hydrogen-bond acceptors (Lipinski definition) is 2. The molecule has 108 valence electrons. The van der Waals surface area contributed by atoms with E-state index in [9.17, 15) is 14.3 Å². The van der Waals surface area contributed by atoms with Gasteiger partial charge in [0, 0.05) is 26.9 Å². The predicted octanol–water partition coefficient (Wildman–Crippen LogP) is 3.71. The summed E-state index contributed by atoms with van der Waals surface area (Å²) >= 11 is 11.8. The summed E-state index contributed by atoms with van der Waals surface area (Å²) in [5.74, 6) is -0.744. The molecule has 0 saturated heterocycles. The summed E-state index contributed by atoms with van der Waals surface area (Å²) in [5, 5.41) is 13.5. The molecular formula is C15H10Cl2FNO2. The largest absolute Gasteiger partial charge is 0.383 e. The molecule has 2 aromatic rings. The molecule has 6 heteroatoms. The molecule has 3 nitrogen and oxygen atoms in total. The van der Waals surface area contributed by atoms with E-state index in [0.29, 0.717) is 11.3 Å². The van der Waals surface area contributed by atoms with Crippen molar-refractivity contribution < 1.29 is 14.3 Å². The average molecular weight is 326 g/mol. The highest BCUT2D eigenvalue weighted by Gasteiger charge is 2.24.